The number of benzene rings is 1. The molecule has 3 aromatic rings. The summed E-state index contributed by atoms with van der Waals surface area (Å²) < 4.78 is 21.5. The highest BCUT2D eigenvalue weighted by atomic mass is 19.1. The molecule has 0 saturated heterocycles. The minimum atomic E-state index is -0.241. The van der Waals surface area contributed by atoms with E-state index in [1.165, 1.54) is 17.8 Å². The second-order valence-electron chi connectivity index (χ2n) is 7.92. The van der Waals surface area contributed by atoms with Crippen molar-refractivity contribution in [1.82, 2.24) is 14.8 Å². The van der Waals surface area contributed by atoms with Crippen LogP contribution < -0.4 is 5.32 Å². The highest BCUT2D eigenvalue weighted by Gasteiger charge is 2.29. The Hall–Kier alpha value is -2.86. The average molecular weight is 395 g/mol. The fraction of sp³-hybridized carbons (Fsp3) is 0.348. The number of hydrogen-bond acceptors (Lipinski definition) is 3. The molecule has 1 aliphatic heterocycles. The zero-order valence-electron chi connectivity index (χ0n) is 16.8. The maximum atomic E-state index is 13.5. The number of nitrogens with one attached hydrogen (secondary N) is 1. The number of carbonyl (C=O) groups is 1. The maximum Gasteiger partial charge on any atom is 0.287 e. The van der Waals surface area contributed by atoms with E-state index < -0.39 is 0 Å². The molecule has 3 heterocycles. The molecule has 0 radical (unpaired) electrons. The molecular weight excluding hydrogens is 369 g/mol. The van der Waals surface area contributed by atoms with Crippen molar-refractivity contribution < 1.29 is 13.6 Å². The zero-order valence-corrected chi connectivity index (χ0v) is 16.8. The molecule has 6 heteroatoms. The first-order valence-corrected chi connectivity index (χ1v) is 10.0. The van der Waals surface area contributed by atoms with Crippen molar-refractivity contribution in [3.63, 3.8) is 0 Å². The molecule has 152 valence electrons. The second-order valence-corrected chi connectivity index (χ2v) is 7.92. The first kappa shape index (κ1) is 19.5. The van der Waals surface area contributed by atoms with Crippen LogP contribution in [0.1, 0.15) is 47.5 Å². The lowest BCUT2D eigenvalue weighted by Crippen LogP contribution is -2.37. The smallest absolute Gasteiger partial charge is 0.287 e. The van der Waals surface area contributed by atoms with Crippen molar-refractivity contribution in [2.24, 2.45) is 5.92 Å². The van der Waals surface area contributed by atoms with E-state index >= 15 is 0 Å². The van der Waals surface area contributed by atoms with Crippen molar-refractivity contribution >= 4 is 5.91 Å². The van der Waals surface area contributed by atoms with Crippen molar-refractivity contribution in [2.45, 2.75) is 33.0 Å². The summed E-state index contributed by atoms with van der Waals surface area (Å²) in [5.74, 6) is 1.03. The molecule has 1 aliphatic rings. The topological polar surface area (TPSA) is 50.4 Å². The monoisotopic (exact) mass is 395 g/mol. The summed E-state index contributed by atoms with van der Waals surface area (Å²) in [6.45, 7) is 7.00. The van der Waals surface area contributed by atoms with Crippen LogP contribution >= 0.6 is 0 Å². The van der Waals surface area contributed by atoms with E-state index in [2.05, 4.69) is 40.9 Å². The fourth-order valence-corrected chi connectivity index (χ4v) is 3.80. The predicted molar refractivity (Wildman–Crippen MR) is 109 cm³/mol. The molecule has 2 aromatic heterocycles. The quantitative estimate of drug-likeness (QED) is 0.680. The summed E-state index contributed by atoms with van der Waals surface area (Å²) in [5.41, 5.74) is 2.21. The van der Waals surface area contributed by atoms with Gasteiger partial charge in [0.1, 0.15) is 11.6 Å². The Morgan fingerprint density at radius 3 is 2.72 bits per heavy atom. The Labute approximate surface area is 170 Å². The van der Waals surface area contributed by atoms with E-state index in [4.69, 9.17) is 4.42 Å². The van der Waals surface area contributed by atoms with E-state index in [0.29, 0.717) is 24.8 Å². The molecule has 0 fully saturated rings. The van der Waals surface area contributed by atoms with Gasteiger partial charge in [0.2, 0.25) is 0 Å². The lowest BCUT2D eigenvalue weighted by Gasteiger charge is -2.36. The minimum absolute atomic E-state index is 0.00247. The Balaban J connectivity index is 1.54. The fourth-order valence-electron chi connectivity index (χ4n) is 3.80. The molecule has 29 heavy (non-hydrogen) atoms. The average Bonchev–Trinajstić information content (AvgIpc) is 3.36. The van der Waals surface area contributed by atoms with E-state index in [9.17, 15) is 9.18 Å². The number of aromatic nitrogens is 1. The Morgan fingerprint density at radius 1 is 1.17 bits per heavy atom. The normalized spacial score (nSPS) is 16.8. The number of hydrogen-bond donors (Lipinski definition) is 1. The van der Waals surface area contributed by atoms with Crippen LogP contribution in [-0.2, 0) is 13.1 Å². The van der Waals surface area contributed by atoms with Gasteiger partial charge in [-0.2, -0.15) is 0 Å². The molecular formula is C23H26FN3O2. The van der Waals surface area contributed by atoms with E-state index in [-0.39, 0.29) is 17.8 Å². The number of amides is 1. The van der Waals surface area contributed by atoms with Crippen LogP contribution in [0.25, 0.3) is 0 Å². The van der Waals surface area contributed by atoms with Crippen LogP contribution in [0.15, 0.2) is 59.1 Å². The van der Waals surface area contributed by atoms with Crippen LogP contribution in [-0.4, -0.2) is 28.5 Å². The number of nitrogens with zero attached hydrogens (tertiary/aromatic N) is 2. The summed E-state index contributed by atoms with van der Waals surface area (Å²) in [5, 5.41) is 2.88. The van der Waals surface area contributed by atoms with Crippen molar-refractivity contribution in [3.05, 3.63) is 83.3 Å². The van der Waals surface area contributed by atoms with Crippen LogP contribution in [0.2, 0.25) is 0 Å². The van der Waals surface area contributed by atoms with E-state index in [0.717, 1.165) is 24.4 Å². The van der Waals surface area contributed by atoms with Crippen LogP contribution in [0.3, 0.4) is 0 Å². The van der Waals surface area contributed by atoms with Gasteiger partial charge in [-0.05, 0) is 47.9 Å². The Morgan fingerprint density at radius 2 is 1.97 bits per heavy atom. The predicted octanol–water partition coefficient (Wildman–Crippen LogP) is 4.21. The lowest BCUT2D eigenvalue weighted by molar-refractivity contribution is 0.0914. The van der Waals surface area contributed by atoms with Gasteiger partial charge in [-0.25, -0.2) is 4.39 Å². The third-order valence-electron chi connectivity index (χ3n) is 5.24. The number of rotatable bonds is 6. The molecule has 0 aliphatic carbocycles. The van der Waals surface area contributed by atoms with Gasteiger partial charge in [0.05, 0.1) is 12.6 Å². The summed E-state index contributed by atoms with van der Waals surface area (Å²) in [6, 6.07) is 14.4. The third-order valence-corrected chi connectivity index (χ3v) is 5.24. The minimum Gasteiger partial charge on any atom is -0.455 e. The van der Waals surface area contributed by atoms with Crippen molar-refractivity contribution in [2.75, 3.05) is 13.1 Å². The third kappa shape index (κ3) is 4.27. The van der Waals surface area contributed by atoms with Gasteiger partial charge in [-0.3, -0.25) is 9.69 Å². The molecule has 5 nitrogen and oxygen atoms in total. The lowest BCUT2D eigenvalue weighted by atomic mass is 9.99. The number of carbonyl (C=O) groups excluding carboxylic acids is 1. The standard InChI is InChI=1S/C23H26FN3O2/c1-16(2)14-25-23(28)21-10-9-19(29-21)15-27-13-12-26-11-3-4-20(26)22(27)17-5-7-18(24)8-6-17/h3-11,16,22H,12-15H2,1-2H3,(H,25,28)/t22-/m0/s1. The molecule has 1 aromatic carbocycles. The Kier molecular flexibility index (Phi) is 5.53. The van der Waals surface area contributed by atoms with Crippen molar-refractivity contribution in [1.29, 1.82) is 0 Å². The zero-order chi connectivity index (χ0) is 20.4. The van der Waals surface area contributed by atoms with Gasteiger partial charge in [0.25, 0.3) is 5.91 Å². The van der Waals surface area contributed by atoms with Gasteiger partial charge < -0.3 is 14.3 Å². The summed E-state index contributed by atoms with van der Waals surface area (Å²) in [6.07, 6.45) is 2.08. The molecule has 0 saturated carbocycles. The number of furan rings is 1. The summed E-state index contributed by atoms with van der Waals surface area (Å²) >= 11 is 0. The van der Waals surface area contributed by atoms with Gasteiger partial charge in [-0.1, -0.05) is 26.0 Å². The first-order valence-electron chi connectivity index (χ1n) is 10.0. The molecule has 1 atom stereocenters. The van der Waals surface area contributed by atoms with Gasteiger partial charge in [0.15, 0.2) is 5.76 Å². The van der Waals surface area contributed by atoms with Gasteiger partial charge in [-0.15, -0.1) is 0 Å². The van der Waals surface area contributed by atoms with E-state index in [1.54, 1.807) is 6.07 Å². The Bertz CT molecular complexity index is 974. The van der Waals surface area contributed by atoms with Crippen LogP contribution in [0, 0.1) is 11.7 Å². The summed E-state index contributed by atoms with van der Waals surface area (Å²) in [7, 11) is 0. The molecule has 0 unspecified atom stereocenters. The number of fused-ring (bicyclic) bond motifs is 1. The van der Waals surface area contributed by atoms with Crippen LogP contribution in [0.5, 0.6) is 0 Å². The second kappa shape index (κ2) is 8.25. The SMILES string of the molecule is CC(C)CNC(=O)c1ccc(CN2CCn3cccc3[C@@H]2c2ccc(F)cc2)o1. The first-order chi connectivity index (χ1) is 14.0. The molecule has 4 rings (SSSR count). The van der Waals surface area contributed by atoms with Crippen LogP contribution in [0.4, 0.5) is 4.39 Å². The highest BCUT2D eigenvalue weighted by Crippen LogP contribution is 2.33. The largest absolute Gasteiger partial charge is 0.455 e. The van der Waals surface area contributed by atoms with Gasteiger partial charge in [0, 0.05) is 31.5 Å². The van der Waals surface area contributed by atoms with E-state index in [1.807, 2.05) is 24.3 Å². The molecule has 1 amide bonds. The number of halogens is 1. The molecule has 0 bridgehead atoms. The van der Waals surface area contributed by atoms with Crippen molar-refractivity contribution in [3.8, 4) is 0 Å². The highest BCUT2D eigenvalue weighted by molar-refractivity contribution is 5.91. The summed E-state index contributed by atoms with van der Waals surface area (Å²) in [4.78, 5) is 14.5. The van der Waals surface area contributed by atoms with Gasteiger partial charge >= 0.3 is 0 Å². The maximum absolute atomic E-state index is 13.5. The molecule has 1 N–H and O–H groups in total. The molecule has 0 spiro atoms.